The first-order valence-electron chi connectivity index (χ1n) is 9.46. The fourth-order valence-corrected chi connectivity index (χ4v) is 2.42. The lowest BCUT2D eigenvalue weighted by Crippen LogP contribution is -2.42. The molecule has 1 amide bonds. The zero-order valence-electron chi connectivity index (χ0n) is 17.8. The SMILES string of the molecule is CC(C)(C)OC(=O)C(N)CCN(Cc1ccccc1CO)C(=O)OC(C)(C)C. The third-order valence-corrected chi connectivity index (χ3v) is 3.72. The van der Waals surface area contributed by atoms with Crippen molar-refractivity contribution in [1.82, 2.24) is 4.90 Å². The Morgan fingerprint density at radius 2 is 1.57 bits per heavy atom. The normalized spacial score (nSPS) is 13.0. The highest BCUT2D eigenvalue weighted by atomic mass is 16.6. The predicted molar refractivity (Wildman–Crippen MR) is 107 cm³/mol. The molecule has 0 aliphatic carbocycles. The van der Waals surface area contributed by atoms with Crippen LogP contribution in [-0.2, 0) is 27.4 Å². The third kappa shape index (κ3) is 8.71. The first-order valence-corrected chi connectivity index (χ1v) is 9.46. The molecular weight excluding hydrogens is 360 g/mol. The van der Waals surface area contributed by atoms with Gasteiger partial charge in [0.05, 0.1) is 6.61 Å². The number of carbonyl (C=O) groups is 2. The van der Waals surface area contributed by atoms with Crippen molar-refractivity contribution in [2.75, 3.05) is 6.54 Å². The molecule has 0 saturated carbocycles. The highest BCUT2D eigenvalue weighted by Gasteiger charge is 2.26. The van der Waals surface area contributed by atoms with Gasteiger partial charge in [-0.25, -0.2) is 4.79 Å². The summed E-state index contributed by atoms with van der Waals surface area (Å²) in [5.41, 5.74) is 6.21. The van der Waals surface area contributed by atoms with Crippen molar-refractivity contribution < 1.29 is 24.2 Å². The van der Waals surface area contributed by atoms with Gasteiger partial charge in [0, 0.05) is 13.1 Å². The molecule has 1 rings (SSSR count). The Morgan fingerprint density at radius 1 is 1.04 bits per heavy atom. The summed E-state index contributed by atoms with van der Waals surface area (Å²) in [4.78, 5) is 26.3. The zero-order valence-corrected chi connectivity index (χ0v) is 17.8. The van der Waals surface area contributed by atoms with Gasteiger partial charge in [0.1, 0.15) is 17.2 Å². The number of esters is 1. The molecule has 1 aromatic carbocycles. The van der Waals surface area contributed by atoms with Gasteiger partial charge in [-0.3, -0.25) is 4.79 Å². The highest BCUT2D eigenvalue weighted by molar-refractivity contribution is 5.76. The molecule has 1 aromatic rings. The van der Waals surface area contributed by atoms with E-state index in [1.165, 1.54) is 4.90 Å². The predicted octanol–water partition coefficient (Wildman–Crippen LogP) is 2.98. The second-order valence-corrected chi connectivity index (χ2v) is 8.76. The number of hydrogen-bond acceptors (Lipinski definition) is 6. The van der Waals surface area contributed by atoms with Gasteiger partial charge in [-0.15, -0.1) is 0 Å². The summed E-state index contributed by atoms with van der Waals surface area (Å²) in [5.74, 6) is -0.507. The molecule has 0 aromatic heterocycles. The van der Waals surface area contributed by atoms with Crippen molar-refractivity contribution in [2.24, 2.45) is 5.73 Å². The summed E-state index contributed by atoms with van der Waals surface area (Å²) in [6.45, 7) is 11.0. The second-order valence-electron chi connectivity index (χ2n) is 8.76. The van der Waals surface area contributed by atoms with E-state index < -0.39 is 29.3 Å². The van der Waals surface area contributed by atoms with Gasteiger partial charge in [0.2, 0.25) is 0 Å². The van der Waals surface area contributed by atoms with Gasteiger partial charge >= 0.3 is 12.1 Å². The van der Waals surface area contributed by atoms with E-state index >= 15 is 0 Å². The van der Waals surface area contributed by atoms with Crippen LogP contribution in [0.2, 0.25) is 0 Å². The maximum Gasteiger partial charge on any atom is 0.410 e. The van der Waals surface area contributed by atoms with Crippen LogP contribution in [0.5, 0.6) is 0 Å². The Hall–Kier alpha value is -2.12. The molecule has 3 N–H and O–H groups in total. The lowest BCUT2D eigenvalue weighted by molar-refractivity contribution is -0.156. The minimum absolute atomic E-state index is 0.129. The Balaban J connectivity index is 2.89. The fourth-order valence-electron chi connectivity index (χ4n) is 2.42. The van der Waals surface area contributed by atoms with E-state index in [9.17, 15) is 14.7 Å². The van der Waals surface area contributed by atoms with Crippen LogP contribution in [0.15, 0.2) is 24.3 Å². The summed E-state index contributed by atoms with van der Waals surface area (Å²) in [7, 11) is 0. The van der Waals surface area contributed by atoms with E-state index in [1.807, 2.05) is 18.2 Å². The van der Waals surface area contributed by atoms with Crippen LogP contribution in [0.3, 0.4) is 0 Å². The van der Waals surface area contributed by atoms with Crippen molar-refractivity contribution >= 4 is 12.1 Å². The van der Waals surface area contributed by atoms with E-state index in [4.69, 9.17) is 15.2 Å². The van der Waals surface area contributed by atoms with Crippen LogP contribution in [0.25, 0.3) is 0 Å². The number of rotatable bonds is 7. The average Bonchev–Trinajstić information content (AvgIpc) is 2.55. The highest BCUT2D eigenvalue weighted by Crippen LogP contribution is 2.17. The topological polar surface area (TPSA) is 102 Å². The van der Waals surface area contributed by atoms with E-state index in [1.54, 1.807) is 47.6 Å². The molecule has 0 heterocycles. The van der Waals surface area contributed by atoms with Crippen molar-refractivity contribution in [1.29, 1.82) is 0 Å². The first kappa shape index (κ1) is 23.9. The quantitative estimate of drug-likeness (QED) is 0.689. The van der Waals surface area contributed by atoms with Crippen LogP contribution < -0.4 is 5.73 Å². The maximum atomic E-state index is 12.7. The standard InChI is InChI=1S/C21H34N2O5/c1-20(2,3)27-18(25)17(22)11-12-23(19(26)28-21(4,5)6)13-15-9-7-8-10-16(15)14-24/h7-10,17,24H,11-14,22H2,1-6H3. The number of benzene rings is 1. The van der Waals surface area contributed by atoms with E-state index in [0.717, 1.165) is 11.1 Å². The van der Waals surface area contributed by atoms with Crippen LogP contribution in [-0.4, -0.2) is 45.9 Å². The number of nitrogens with two attached hydrogens (primary N) is 1. The molecule has 0 aliphatic rings. The summed E-state index contributed by atoms with van der Waals surface area (Å²) >= 11 is 0. The number of nitrogens with zero attached hydrogens (tertiary/aromatic N) is 1. The van der Waals surface area contributed by atoms with Crippen LogP contribution in [0, 0.1) is 0 Å². The molecule has 0 spiro atoms. The summed E-state index contributed by atoms with van der Waals surface area (Å²) in [6.07, 6.45) is -0.272. The van der Waals surface area contributed by atoms with Crippen LogP contribution in [0.4, 0.5) is 4.79 Å². The van der Waals surface area contributed by atoms with Crippen molar-refractivity contribution in [3.63, 3.8) is 0 Å². The Morgan fingerprint density at radius 3 is 2.07 bits per heavy atom. The minimum Gasteiger partial charge on any atom is -0.459 e. The minimum atomic E-state index is -0.850. The number of hydrogen-bond donors (Lipinski definition) is 2. The molecule has 28 heavy (non-hydrogen) atoms. The van der Waals surface area contributed by atoms with E-state index in [2.05, 4.69) is 0 Å². The molecule has 0 saturated heterocycles. The Bertz CT molecular complexity index is 661. The van der Waals surface area contributed by atoms with Crippen LogP contribution in [0.1, 0.15) is 59.1 Å². The Kier molecular flexibility index (Phi) is 8.45. The van der Waals surface area contributed by atoms with Crippen molar-refractivity contribution in [3.05, 3.63) is 35.4 Å². The third-order valence-electron chi connectivity index (χ3n) is 3.72. The molecule has 158 valence electrons. The number of aliphatic hydroxyl groups is 1. The van der Waals surface area contributed by atoms with Crippen LogP contribution >= 0.6 is 0 Å². The maximum absolute atomic E-state index is 12.7. The lowest BCUT2D eigenvalue weighted by Gasteiger charge is -2.29. The first-order chi connectivity index (χ1) is 12.8. The summed E-state index contributed by atoms with van der Waals surface area (Å²) in [6, 6.07) is 6.46. The lowest BCUT2D eigenvalue weighted by atomic mass is 10.1. The monoisotopic (exact) mass is 394 g/mol. The number of carbonyl (C=O) groups excluding carboxylic acids is 2. The number of ether oxygens (including phenoxy) is 2. The fraction of sp³-hybridized carbons (Fsp3) is 0.619. The van der Waals surface area contributed by atoms with Crippen molar-refractivity contribution in [2.45, 2.75) is 78.4 Å². The molecule has 0 aliphatic heterocycles. The number of amides is 1. The number of aliphatic hydroxyl groups excluding tert-OH is 1. The molecule has 7 heteroatoms. The summed E-state index contributed by atoms with van der Waals surface area (Å²) < 4.78 is 10.8. The van der Waals surface area contributed by atoms with Gasteiger partial charge in [-0.05, 0) is 59.1 Å². The molecule has 1 atom stereocenters. The largest absolute Gasteiger partial charge is 0.459 e. The van der Waals surface area contributed by atoms with Gasteiger partial charge < -0.3 is 25.2 Å². The summed E-state index contributed by atoms with van der Waals surface area (Å²) in [5, 5.41) is 9.54. The molecule has 0 radical (unpaired) electrons. The average molecular weight is 395 g/mol. The van der Waals surface area contributed by atoms with Gasteiger partial charge in [-0.2, -0.15) is 0 Å². The molecule has 0 fully saturated rings. The molecular formula is C21H34N2O5. The van der Waals surface area contributed by atoms with Crippen molar-refractivity contribution in [3.8, 4) is 0 Å². The smallest absolute Gasteiger partial charge is 0.410 e. The zero-order chi connectivity index (χ0) is 21.5. The van der Waals surface area contributed by atoms with Gasteiger partial charge in [-0.1, -0.05) is 24.3 Å². The van der Waals surface area contributed by atoms with Gasteiger partial charge in [0.15, 0.2) is 0 Å². The van der Waals surface area contributed by atoms with E-state index in [-0.39, 0.29) is 26.1 Å². The second kappa shape index (κ2) is 9.89. The van der Waals surface area contributed by atoms with Gasteiger partial charge in [0.25, 0.3) is 0 Å². The van der Waals surface area contributed by atoms with E-state index in [0.29, 0.717) is 0 Å². The Labute approximate surface area is 167 Å². The molecule has 1 unspecified atom stereocenters. The molecule has 0 bridgehead atoms. The molecule has 7 nitrogen and oxygen atoms in total.